The van der Waals surface area contributed by atoms with Gasteiger partial charge in [0.05, 0.1) is 7.11 Å². The number of carbonyl (C=O) groups excluding carboxylic acids is 1. The number of rotatable bonds is 4. The average molecular weight is 321 g/mol. The number of nitrogens with zero attached hydrogens (tertiary/aromatic N) is 1. The summed E-state index contributed by atoms with van der Waals surface area (Å²) in [6.45, 7) is 7.87. The highest BCUT2D eigenvalue weighted by Crippen LogP contribution is 2.31. The first-order chi connectivity index (χ1) is 10.7. The van der Waals surface area contributed by atoms with Crippen molar-refractivity contribution in [3.05, 3.63) is 46.4 Å². The lowest BCUT2D eigenvalue weighted by molar-refractivity contribution is -0.147. The fraction of sp³-hybridized carbons (Fsp3) is 0.500. The van der Waals surface area contributed by atoms with Crippen LogP contribution in [0.4, 0.5) is 0 Å². The Morgan fingerprint density at radius 1 is 1.27 bits per heavy atom. The van der Waals surface area contributed by atoms with Crippen LogP contribution < -0.4 is 0 Å². The Hall–Kier alpha value is -1.26. The van der Waals surface area contributed by atoms with Crippen LogP contribution in [0.15, 0.2) is 40.8 Å². The van der Waals surface area contributed by atoms with E-state index in [-0.39, 0.29) is 12.0 Å². The van der Waals surface area contributed by atoms with Crippen molar-refractivity contribution in [2.75, 3.05) is 26.5 Å². The van der Waals surface area contributed by atoms with E-state index in [1.54, 1.807) is 0 Å². The standard InChI is InChI=1S/C16H21NO2S.C2H6/c1-12-11-17(10-9-14(12)20-3)15(16(18)19-2)13-7-5-4-6-8-13;1-2/h4-8,15H,9-11H2,1-3H3;1-2H3. The summed E-state index contributed by atoms with van der Waals surface area (Å²) in [6.07, 6.45) is 3.12. The van der Waals surface area contributed by atoms with Crippen LogP contribution in [0, 0.1) is 0 Å². The highest BCUT2D eigenvalue weighted by molar-refractivity contribution is 8.02. The van der Waals surface area contributed by atoms with Gasteiger partial charge in [0.2, 0.25) is 0 Å². The Morgan fingerprint density at radius 2 is 1.91 bits per heavy atom. The number of hydrogen-bond donors (Lipinski definition) is 0. The van der Waals surface area contributed by atoms with E-state index >= 15 is 0 Å². The normalized spacial score (nSPS) is 16.6. The van der Waals surface area contributed by atoms with Crippen molar-refractivity contribution < 1.29 is 9.53 Å². The van der Waals surface area contributed by atoms with Crippen molar-refractivity contribution in [1.29, 1.82) is 0 Å². The Kier molecular flexibility index (Phi) is 8.28. The van der Waals surface area contributed by atoms with Gasteiger partial charge in [0.25, 0.3) is 0 Å². The van der Waals surface area contributed by atoms with Gasteiger partial charge in [-0.1, -0.05) is 44.2 Å². The SMILES string of the molecule is CC.COC(=O)C(c1ccccc1)N1CCC(SC)=C(C)C1. The fourth-order valence-electron chi connectivity index (χ4n) is 2.67. The lowest BCUT2D eigenvalue weighted by Crippen LogP contribution is -2.39. The molecule has 0 aromatic heterocycles. The van der Waals surface area contributed by atoms with Gasteiger partial charge in [-0.2, -0.15) is 0 Å². The van der Waals surface area contributed by atoms with Crippen LogP contribution in [0.5, 0.6) is 0 Å². The van der Waals surface area contributed by atoms with Crippen LogP contribution in [0.2, 0.25) is 0 Å². The van der Waals surface area contributed by atoms with Gasteiger partial charge in [-0.25, -0.2) is 4.79 Å². The smallest absolute Gasteiger partial charge is 0.327 e. The molecular weight excluding hydrogens is 294 g/mol. The summed E-state index contributed by atoms with van der Waals surface area (Å²) in [5.41, 5.74) is 2.35. The Bertz CT molecular complexity index is 499. The minimum absolute atomic E-state index is 0.184. The van der Waals surface area contributed by atoms with E-state index in [2.05, 4.69) is 18.1 Å². The number of benzene rings is 1. The van der Waals surface area contributed by atoms with Gasteiger partial charge in [0.1, 0.15) is 6.04 Å². The molecule has 1 heterocycles. The zero-order chi connectivity index (χ0) is 16.5. The molecule has 0 spiro atoms. The largest absolute Gasteiger partial charge is 0.468 e. The van der Waals surface area contributed by atoms with Crippen LogP contribution in [0.25, 0.3) is 0 Å². The van der Waals surface area contributed by atoms with E-state index < -0.39 is 0 Å². The van der Waals surface area contributed by atoms with Crippen LogP contribution >= 0.6 is 11.8 Å². The summed E-state index contributed by atoms with van der Waals surface area (Å²) in [6, 6.07) is 9.57. The lowest BCUT2D eigenvalue weighted by atomic mass is 10.0. The van der Waals surface area contributed by atoms with E-state index in [4.69, 9.17) is 4.74 Å². The number of methoxy groups -OCH3 is 1. The van der Waals surface area contributed by atoms with Gasteiger partial charge in [-0.15, -0.1) is 11.8 Å². The second-order valence-corrected chi connectivity index (χ2v) is 5.87. The van der Waals surface area contributed by atoms with Crippen LogP contribution in [0.3, 0.4) is 0 Å². The quantitative estimate of drug-likeness (QED) is 0.775. The first-order valence-electron chi connectivity index (χ1n) is 7.76. The monoisotopic (exact) mass is 321 g/mol. The molecule has 0 N–H and O–H groups in total. The maximum absolute atomic E-state index is 12.2. The second-order valence-electron chi connectivity index (χ2n) is 4.96. The van der Waals surface area contributed by atoms with Crippen molar-refractivity contribution in [2.45, 2.75) is 33.2 Å². The molecule has 0 aliphatic carbocycles. The summed E-state index contributed by atoms with van der Waals surface area (Å²) >= 11 is 1.81. The topological polar surface area (TPSA) is 29.5 Å². The highest BCUT2D eigenvalue weighted by Gasteiger charge is 2.30. The van der Waals surface area contributed by atoms with Crippen LogP contribution in [-0.2, 0) is 9.53 Å². The third kappa shape index (κ3) is 4.62. The first kappa shape index (κ1) is 18.8. The summed E-state index contributed by atoms with van der Waals surface area (Å²) in [5.74, 6) is -0.184. The Morgan fingerprint density at radius 3 is 2.41 bits per heavy atom. The van der Waals surface area contributed by atoms with Gasteiger partial charge < -0.3 is 4.74 Å². The second kappa shape index (κ2) is 9.70. The van der Waals surface area contributed by atoms with Crippen molar-refractivity contribution in [1.82, 2.24) is 4.90 Å². The first-order valence-corrected chi connectivity index (χ1v) is 8.99. The molecule has 0 amide bonds. The molecule has 3 nitrogen and oxygen atoms in total. The molecule has 0 saturated carbocycles. The molecule has 0 bridgehead atoms. The fourth-order valence-corrected chi connectivity index (χ4v) is 3.38. The van der Waals surface area contributed by atoms with Crippen molar-refractivity contribution in [3.8, 4) is 0 Å². The van der Waals surface area contributed by atoms with Gasteiger partial charge in [0.15, 0.2) is 0 Å². The predicted molar refractivity (Wildman–Crippen MR) is 95.0 cm³/mol. The number of esters is 1. The van der Waals surface area contributed by atoms with Crippen molar-refractivity contribution in [3.63, 3.8) is 0 Å². The minimum Gasteiger partial charge on any atom is -0.468 e. The summed E-state index contributed by atoms with van der Waals surface area (Å²) in [4.78, 5) is 15.8. The third-order valence-corrected chi connectivity index (χ3v) is 4.74. The molecule has 1 aliphatic rings. The molecule has 1 aromatic carbocycles. The van der Waals surface area contributed by atoms with Gasteiger partial charge >= 0.3 is 5.97 Å². The maximum atomic E-state index is 12.2. The molecule has 1 atom stereocenters. The van der Waals surface area contributed by atoms with E-state index in [0.29, 0.717) is 0 Å². The molecule has 0 radical (unpaired) electrons. The molecule has 1 aliphatic heterocycles. The molecule has 122 valence electrons. The van der Waals surface area contributed by atoms with Crippen LogP contribution in [-0.4, -0.2) is 37.3 Å². The summed E-state index contributed by atoms with van der Waals surface area (Å²) in [5, 5.41) is 0. The van der Waals surface area contributed by atoms with Crippen LogP contribution in [0.1, 0.15) is 38.8 Å². The molecule has 22 heavy (non-hydrogen) atoms. The zero-order valence-corrected chi connectivity index (χ0v) is 15.1. The number of ether oxygens (including phenoxy) is 1. The molecule has 2 rings (SSSR count). The molecule has 1 aromatic rings. The van der Waals surface area contributed by atoms with E-state index in [1.807, 2.05) is 55.9 Å². The van der Waals surface area contributed by atoms with Gasteiger partial charge in [-0.05, 0) is 35.6 Å². The lowest BCUT2D eigenvalue weighted by Gasteiger charge is -2.34. The average Bonchev–Trinajstić information content (AvgIpc) is 2.58. The molecule has 1 unspecified atom stereocenters. The zero-order valence-electron chi connectivity index (χ0n) is 14.3. The summed E-state index contributed by atoms with van der Waals surface area (Å²) in [7, 11) is 1.46. The maximum Gasteiger partial charge on any atom is 0.327 e. The van der Waals surface area contributed by atoms with E-state index in [0.717, 1.165) is 25.1 Å². The highest BCUT2D eigenvalue weighted by atomic mass is 32.2. The Labute approximate surface area is 138 Å². The van der Waals surface area contributed by atoms with Crippen molar-refractivity contribution in [2.24, 2.45) is 0 Å². The third-order valence-electron chi connectivity index (χ3n) is 3.69. The molecular formula is C18H27NO2S. The van der Waals surface area contributed by atoms with Crippen molar-refractivity contribution >= 4 is 17.7 Å². The van der Waals surface area contributed by atoms with E-state index in [9.17, 15) is 4.79 Å². The van der Waals surface area contributed by atoms with E-state index in [1.165, 1.54) is 17.6 Å². The Balaban J connectivity index is 0.00000116. The number of carbonyl (C=O) groups is 1. The molecule has 4 heteroatoms. The summed E-state index contributed by atoms with van der Waals surface area (Å²) < 4.78 is 5.01. The van der Waals surface area contributed by atoms with Gasteiger partial charge in [0, 0.05) is 13.1 Å². The number of hydrogen-bond acceptors (Lipinski definition) is 4. The number of thioether (sulfide) groups is 1. The van der Waals surface area contributed by atoms with Gasteiger partial charge in [-0.3, -0.25) is 4.90 Å². The molecule has 0 saturated heterocycles. The predicted octanol–water partition coefficient (Wildman–Crippen LogP) is 4.27. The minimum atomic E-state index is -0.306. The molecule has 0 fully saturated rings.